The standard InChI is InChI=1S/C7H6N4O2/c1-13-7(12)5-4-6(11-10-5)9-3-2-8-4/h2-3H,1H3,(H,9,10,11). The predicted octanol–water partition coefficient (Wildman–Crippen LogP) is 0.139. The number of carbonyl (C=O) groups is 1. The number of rotatable bonds is 1. The van der Waals surface area contributed by atoms with E-state index < -0.39 is 5.97 Å². The van der Waals surface area contributed by atoms with Crippen LogP contribution in [0.1, 0.15) is 10.5 Å². The zero-order valence-corrected chi connectivity index (χ0v) is 6.81. The third-order valence-corrected chi connectivity index (χ3v) is 1.58. The van der Waals surface area contributed by atoms with Gasteiger partial charge in [0.15, 0.2) is 5.69 Å². The number of nitrogens with zero attached hydrogens (tertiary/aromatic N) is 3. The average molecular weight is 178 g/mol. The first-order chi connectivity index (χ1) is 6.33. The molecule has 0 saturated carbocycles. The molecule has 66 valence electrons. The lowest BCUT2D eigenvalue weighted by molar-refractivity contribution is 0.0596. The van der Waals surface area contributed by atoms with Crippen LogP contribution in [0.5, 0.6) is 0 Å². The Kier molecular flexibility index (Phi) is 1.66. The van der Waals surface area contributed by atoms with Crippen molar-refractivity contribution in [3.63, 3.8) is 0 Å². The van der Waals surface area contributed by atoms with Crippen LogP contribution in [0.15, 0.2) is 12.4 Å². The molecule has 2 heterocycles. The van der Waals surface area contributed by atoms with Gasteiger partial charge in [-0.2, -0.15) is 5.10 Å². The Morgan fingerprint density at radius 1 is 1.46 bits per heavy atom. The molecule has 6 nitrogen and oxygen atoms in total. The lowest BCUT2D eigenvalue weighted by atomic mass is 10.4. The maximum absolute atomic E-state index is 11.1. The van der Waals surface area contributed by atoms with Crippen molar-refractivity contribution in [2.24, 2.45) is 0 Å². The topological polar surface area (TPSA) is 80.8 Å². The Labute approximate surface area is 73.0 Å². The van der Waals surface area contributed by atoms with E-state index in [-0.39, 0.29) is 5.69 Å². The monoisotopic (exact) mass is 178 g/mol. The number of aromatic amines is 1. The number of aromatic nitrogens is 4. The number of nitrogens with one attached hydrogen (secondary N) is 1. The third kappa shape index (κ3) is 1.12. The molecule has 0 aliphatic heterocycles. The number of fused-ring (bicyclic) bond motifs is 1. The van der Waals surface area contributed by atoms with E-state index in [1.807, 2.05) is 0 Å². The summed E-state index contributed by atoms with van der Waals surface area (Å²) >= 11 is 0. The Balaban J connectivity index is 2.64. The highest BCUT2D eigenvalue weighted by Crippen LogP contribution is 2.09. The molecule has 1 N–H and O–H groups in total. The van der Waals surface area contributed by atoms with Crippen LogP contribution in [0.3, 0.4) is 0 Å². The van der Waals surface area contributed by atoms with Crippen molar-refractivity contribution in [2.45, 2.75) is 0 Å². The second-order valence-electron chi connectivity index (χ2n) is 2.32. The zero-order chi connectivity index (χ0) is 9.26. The highest BCUT2D eigenvalue weighted by Gasteiger charge is 2.14. The molecule has 13 heavy (non-hydrogen) atoms. The van der Waals surface area contributed by atoms with Gasteiger partial charge in [-0.05, 0) is 0 Å². The van der Waals surface area contributed by atoms with Crippen LogP contribution in [0.4, 0.5) is 0 Å². The average Bonchev–Trinajstić information content (AvgIpc) is 2.60. The van der Waals surface area contributed by atoms with Crippen molar-refractivity contribution < 1.29 is 9.53 Å². The summed E-state index contributed by atoms with van der Waals surface area (Å²) in [5.74, 6) is -0.497. The molecular formula is C7H6N4O2. The molecule has 0 aromatic carbocycles. The van der Waals surface area contributed by atoms with Gasteiger partial charge in [0.2, 0.25) is 5.65 Å². The van der Waals surface area contributed by atoms with Gasteiger partial charge in [-0.1, -0.05) is 0 Å². The Morgan fingerprint density at radius 3 is 3.00 bits per heavy atom. The maximum atomic E-state index is 11.1. The number of carbonyl (C=O) groups excluding carboxylic acids is 1. The quantitative estimate of drug-likeness (QED) is 0.628. The number of hydrogen-bond acceptors (Lipinski definition) is 5. The van der Waals surface area contributed by atoms with E-state index in [0.717, 1.165) is 0 Å². The van der Waals surface area contributed by atoms with E-state index in [4.69, 9.17) is 0 Å². The van der Waals surface area contributed by atoms with Gasteiger partial charge < -0.3 is 4.74 Å². The number of H-pyrrole nitrogens is 1. The molecule has 2 aromatic heterocycles. The molecule has 0 aliphatic rings. The van der Waals surface area contributed by atoms with Crippen LogP contribution in [0.2, 0.25) is 0 Å². The molecule has 0 radical (unpaired) electrons. The van der Waals surface area contributed by atoms with Gasteiger partial charge >= 0.3 is 5.97 Å². The van der Waals surface area contributed by atoms with Crippen molar-refractivity contribution in [3.8, 4) is 0 Å². The minimum absolute atomic E-state index is 0.227. The van der Waals surface area contributed by atoms with Gasteiger partial charge in [0.05, 0.1) is 7.11 Å². The van der Waals surface area contributed by atoms with Crippen LogP contribution in [-0.4, -0.2) is 33.2 Å². The molecule has 2 aromatic rings. The molecule has 0 bridgehead atoms. The van der Waals surface area contributed by atoms with E-state index in [1.165, 1.54) is 19.5 Å². The number of methoxy groups -OCH3 is 1. The van der Waals surface area contributed by atoms with Crippen molar-refractivity contribution >= 4 is 17.1 Å². The molecule has 0 amide bonds. The first kappa shape index (κ1) is 7.66. The van der Waals surface area contributed by atoms with E-state index in [1.54, 1.807) is 0 Å². The van der Waals surface area contributed by atoms with Gasteiger partial charge in [0, 0.05) is 12.4 Å². The first-order valence-corrected chi connectivity index (χ1v) is 3.56. The summed E-state index contributed by atoms with van der Waals surface area (Å²) in [5, 5.41) is 6.30. The van der Waals surface area contributed by atoms with E-state index >= 15 is 0 Å². The highest BCUT2D eigenvalue weighted by atomic mass is 16.5. The molecule has 0 unspecified atom stereocenters. The summed E-state index contributed by atoms with van der Waals surface area (Å²) in [6, 6.07) is 0. The fourth-order valence-corrected chi connectivity index (χ4v) is 0.995. The van der Waals surface area contributed by atoms with Crippen LogP contribution < -0.4 is 0 Å². The molecule has 6 heteroatoms. The fourth-order valence-electron chi connectivity index (χ4n) is 0.995. The minimum atomic E-state index is -0.497. The number of esters is 1. The normalized spacial score (nSPS) is 10.2. The summed E-state index contributed by atoms with van der Waals surface area (Å²) in [6.07, 6.45) is 2.99. The van der Waals surface area contributed by atoms with Crippen LogP contribution >= 0.6 is 0 Å². The number of hydrogen-bond donors (Lipinski definition) is 1. The van der Waals surface area contributed by atoms with Gasteiger partial charge in [0.1, 0.15) is 5.52 Å². The second-order valence-corrected chi connectivity index (χ2v) is 2.32. The predicted molar refractivity (Wildman–Crippen MR) is 43.0 cm³/mol. The Hall–Kier alpha value is -1.98. The summed E-state index contributed by atoms with van der Waals surface area (Å²) in [6.45, 7) is 0. The summed E-state index contributed by atoms with van der Waals surface area (Å²) in [5.41, 5.74) is 1.06. The summed E-state index contributed by atoms with van der Waals surface area (Å²) < 4.78 is 4.52. The van der Waals surface area contributed by atoms with E-state index in [9.17, 15) is 4.79 Å². The molecule has 0 saturated heterocycles. The van der Waals surface area contributed by atoms with Crippen molar-refractivity contribution in [2.75, 3.05) is 7.11 Å². The van der Waals surface area contributed by atoms with E-state index in [2.05, 4.69) is 24.9 Å². The lowest BCUT2D eigenvalue weighted by Gasteiger charge is -1.93. The van der Waals surface area contributed by atoms with E-state index in [0.29, 0.717) is 11.2 Å². The first-order valence-electron chi connectivity index (χ1n) is 3.56. The van der Waals surface area contributed by atoms with Gasteiger partial charge in [0.25, 0.3) is 0 Å². The van der Waals surface area contributed by atoms with Gasteiger partial charge in [-0.25, -0.2) is 14.8 Å². The molecular weight excluding hydrogens is 172 g/mol. The smallest absolute Gasteiger partial charge is 0.358 e. The molecule has 0 spiro atoms. The summed E-state index contributed by atoms with van der Waals surface area (Å²) in [7, 11) is 1.30. The van der Waals surface area contributed by atoms with Gasteiger partial charge in [-0.15, -0.1) is 0 Å². The minimum Gasteiger partial charge on any atom is -0.464 e. The third-order valence-electron chi connectivity index (χ3n) is 1.58. The van der Waals surface area contributed by atoms with Crippen LogP contribution in [0, 0.1) is 0 Å². The highest BCUT2D eigenvalue weighted by molar-refractivity contribution is 5.98. The Morgan fingerprint density at radius 2 is 2.23 bits per heavy atom. The maximum Gasteiger partial charge on any atom is 0.358 e. The second kappa shape index (κ2) is 2.81. The largest absolute Gasteiger partial charge is 0.464 e. The lowest BCUT2D eigenvalue weighted by Crippen LogP contribution is -2.02. The Bertz CT molecular complexity index is 450. The van der Waals surface area contributed by atoms with Crippen molar-refractivity contribution in [3.05, 3.63) is 18.1 Å². The fraction of sp³-hybridized carbons (Fsp3) is 0.143. The molecule has 0 fully saturated rings. The molecule has 0 atom stereocenters. The van der Waals surface area contributed by atoms with Crippen LogP contribution in [0.25, 0.3) is 11.2 Å². The van der Waals surface area contributed by atoms with Crippen LogP contribution in [-0.2, 0) is 4.74 Å². The molecule has 0 aliphatic carbocycles. The SMILES string of the molecule is COC(=O)c1[nH]nc2nccnc12. The van der Waals surface area contributed by atoms with Crippen molar-refractivity contribution in [1.82, 2.24) is 20.2 Å². The van der Waals surface area contributed by atoms with Gasteiger partial charge in [-0.3, -0.25) is 5.10 Å². The van der Waals surface area contributed by atoms with Crippen molar-refractivity contribution in [1.29, 1.82) is 0 Å². The molecule has 2 rings (SSSR count). The summed E-state index contributed by atoms with van der Waals surface area (Å²) in [4.78, 5) is 19.0. The zero-order valence-electron chi connectivity index (χ0n) is 6.81. The number of ether oxygens (including phenoxy) is 1.